The van der Waals surface area contributed by atoms with Gasteiger partial charge in [-0.15, -0.1) is 11.3 Å². The minimum atomic E-state index is -0.404. The van der Waals surface area contributed by atoms with Crippen molar-refractivity contribution in [3.05, 3.63) is 43.8 Å². The van der Waals surface area contributed by atoms with Crippen molar-refractivity contribution in [2.24, 2.45) is 0 Å². The zero-order chi connectivity index (χ0) is 13.9. The second kappa shape index (κ2) is 6.39. The Bertz CT molecular complexity index is 523. The summed E-state index contributed by atoms with van der Waals surface area (Å²) in [6.07, 6.45) is 4.77. The maximum absolute atomic E-state index is 10.1. The molecule has 1 aliphatic carbocycles. The van der Waals surface area contributed by atoms with Gasteiger partial charge in [0.2, 0.25) is 0 Å². The van der Waals surface area contributed by atoms with Crippen molar-refractivity contribution in [3.8, 4) is 0 Å². The van der Waals surface area contributed by atoms with Crippen LogP contribution in [0.25, 0.3) is 0 Å². The lowest BCUT2D eigenvalue weighted by molar-refractivity contribution is 0.171. The number of fused-ring (bicyclic) bond motifs is 1. The van der Waals surface area contributed by atoms with Crippen LogP contribution in [-0.4, -0.2) is 11.7 Å². The predicted octanol–water partition coefficient (Wildman–Crippen LogP) is 4.07. The minimum Gasteiger partial charge on any atom is -0.387 e. The van der Waals surface area contributed by atoms with Gasteiger partial charge in [-0.05, 0) is 66.6 Å². The molecule has 0 bridgehead atoms. The smallest absolute Gasteiger partial charge is 0.0922 e. The van der Waals surface area contributed by atoms with Gasteiger partial charge in [0.05, 0.1) is 6.10 Å². The Morgan fingerprint density at radius 3 is 2.95 bits per heavy atom. The van der Waals surface area contributed by atoms with E-state index < -0.39 is 6.10 Å². The summed E-state index contributed by atoms with van der Waals surface area (Å²) in [5.74, 6) is 0. The van der Waals surface area contributed by atoms with E-state index in [9.17, 15) is 5.11 Å². The molecule has 2 heterocycles. The lowest BCUT2D eigenvalue weighted by atomic mass is 9.99. The van der Waals surface area contributed by atoms with Gasteiger partial charge in [-0.3, -0.25) is 0 Å². The molecule has 3 rings (SSSR count). The molecular formula is C16H21NOS2. The molecule has 2 atom stereocenters. The summed E-state index contributed by atoms with van der Waals surface area (Å²) in [7, 11) is 0. The van der Waals surface area contributed by atoms with Gasteiger partial charge in [-0.2, -0.15) is 11.3 Å². The van der Waals surface area contributed by atoms with Gasteiger partial charge in [-0.1, -0.05) is 0 Å². The fourth-order valence-electron chi connectivity index (χ4n) is 2.70. The predicted molar refractivity (Wildman–Crippen MR) is 86.7 cm³/mol. The highest BCUT2D eigenvalue weighted by atomic mass is 32.1. The monoisotopic (exact) mass is 307 g/mol. The first-order valence-corrected chi connectivity index (χ1v) is 9.05. The molecule has 0 aliphatic heterocycles. The van der Waals surface area contributed by atoms with Crippen molar-refractivity contribution in [1.82, 2.24) is 5.32 Å². The third-order valence-electron chi connectivity index (χ3n) is 3.99. The van der Waals surface area contributed by atoms with E-state index >= 15 is 0 Å². The molecule has 0 fully saturated rings. The number of aliphatic hydroxyl groups excluding tert-OH is 1. The van der Waals surface area contributed by atoms with Crippen LogP contribution in [0, 0.1) is 0 Å². The third kappa shape index (κ3) is 3.14. The summed E-state index contributed by atoms with van der Waals surface area (Å²) in [6.45, 7) is 2.80. The van der Waals surface area contributed by atoms with E-state index in [4.69, 9.17) is 0 Å². The van der Waals surface area contributed by atoms with Crippen LogP contribution in [0.2, 0.25) is 0 Å². The third-order valence-corrected chi connectivity index (χ3v) is 6.11. The van der Waals surface area contributed by atoms with Gasteiger partial charge in [0.1, 0.15) is 0 Å². The average molecular weight is 307 g/mol. The van der Waals surface area contributed by atoms with Crippen molar-refractivity contribution in [1.29, 1.82) is 0 Å². The Labute approximate surface area is 128 Å². The number of thiophene rings is 2. The molecule has 0 amide bonds. The summed E-state index contributed by atoms with van der Waals surface area (Å²) >= 11 is 3.58. The van der Waals surface area contributed by atoms with Crippen LogP contribution in [0.15, 0.2) is 22.9 Å². The highest BCUT2D eigenvalue weighted by Crippen LogP contribution is 2.32. The second-order valence-electron chi connectivity index (χ2n) is 5.51. The van der Waals surface area contributed by atoms with E-state index in [-0.39, 0.29) is 0 Å². The first-order valence-electron chi connectivity index (χ1n) is 7.29. The van der Waals surface area contributed by atoms with Crippen LogP contribution >= 0.6 is 22.7 Å². The van der Waals surface area contributed by atoms with Crippen LogP contribution in [0.3, 0.4) is 0 Å². The molecule has 0 saturated heterocycles. The molecular weight excluding hydrogens is 286 g/mol. The van der Waals surface area contributed by atoms with E-state index in [0.717, 1.165) is 5.56 Å². The number of hydrogen-bond acceptors (Lipinski definition) is 4. The molecule has 2 N–H and O–H groups in total. The van der Waals surface area contributed by atoms with Crippen LogP contribution in [0.4, 0.5) is 0 Å². The van der Waals surface area contributed by atoms with Gasteiger partial charge in [0, 0.05) is 22.3 Å². The van der Waals surface area contributed by atoms with E-state index in [0.29, 0.717) is 12.6 Å². The maximum atomic E-state index is 10.1. The molecule has 2 aromatic rings. The quantitative estimate of drug-likeness (QED) is 0.872. The van der Waals surface area contributed by atoms with E-state index in [1.165, 1.54) is 30.6 Å². The number of rotatable bonds is 5. The first kappa shape index (κ1) is 14.3. The van der Waals surface area contributed by atoms with Crippen molar-refractivity contribution < 1.29 is 5.11 Å². The summed E-state index contributed by atoms with van der Waals surface area (Å²) in [5.41, 5.74) is 2.57. The van der Waals surface area contributed by atoms with Crippen molar-refractivity contribution >= 4 is 22.7 Å². The fourth-order valence-corrected chi connectivity index (χ4v) is 4.69. The summed E-state index contributed by atoms with van der Waals surface area (Å²) in [6, 6.07) is 4.68. The zero-order valence-electron chi connectivity index (χ0n) is 11.8. The molecule has 108 valence electrons. The Hall–Kier alpha value is -0.680. The normalized spacial score (nSPS) is 17.7. The number of aryl methyl sites for hydroxylation is 2. The molecule has 0 saturated carbocycles. The lowest BCUT2D eigenvalue weighted by Gasteiger charge is -2.15. The number of aliphatic hydroxyl groups is 1. The highest BCUT2D eigenvalue weighted by molar-refractivity contribution is 7.12. The molecule has 2 nitrogen and oxygen atoms in total. The van der Waals surface area contributed by atoms with E-state index in [1.54, 1.807) is 21.8 Å². The van der Waals surface area contributed by atoms with E-state index in [1.807, 2.05) is 28.2 Å². The zero-order valence-corrected chi connectivity index (χ0v) is 13.4. The molecule has 1 aliphatic rings. The molecule has 0 spiro atoms. The van der Waals surface area contributed by atoms with Crippen molar-refractivity contribution in [2.45, 2.75) is 44.8 Å². The molecule has 0 radical (unpaired) electrons. The van der Waals surface area contributed by atoms with Gasteiger partial charge in [0.15, 0.2) is 0 Å². The Balaban J connectivity index is 1.59. The average Bonchev–Trinajstić information content (AvgIpc) is 3.12. The molecule has 20 heavy (non-hydrogen) atoms. The van der Waals surface area contributed by atoms with Gasteiger partial charge >= 0.3 is 0 Å². The van der Waals surface area contributed by atoms with E-state index in [2.05, 4.69) is 18.3 Å². The van der Waals surface area contributed by atoms with Crippen LogP contribution in [-0.2, 0) is 12.8 Å². The standard InChI is InChI=1S/C16H21NOS2/c1-11(17-9-14(18)13-6-7-19-10-13)16-8-12-4-2-3-5-15(12)20-16/h6-8,10-11,14,17-18H,2-5,9H2,1H3. The first-order chi connectivity index (χ1) is 9.74. The Morgan fingerprint density at radius 2 is 2.20 bits per heavy atom. The maximum Gasteiger partial charge on any atom is 0.0922 e. The molecule has 2 unspecified atom stereocenters. The number of nitrogens with one attached hydrogen (secondary N) is 1. The lowest BCUT2D eigenvalue weighted by Crippen LogP contribution is -2.23. The van der Waals surface area contributed by atoms with Crippen LogP contribution in [0.5, 0.6) is 0 Å². The molecule has 0 aromatic carbocycles. The summed E-state index contributed by atoms with van der Waals surface area (Å²) in [5, 5.41) is 17.6. The van der Waals surface area contributed by atoms with Gasteiger partial charge < -0.3 is 10.4 Å². The van der Waals surface area contributed by atoms with Crippen LogP contribution < -0.4 is 5.32 Å². The summed E-state index contributed by atoms with van der Waals surface area (Å²) < 4.78 is 0. The van der Waals surface area contributed by atoms with Crippen molar-refractivity contribution in [2.75, 3.05) is 6.54 Å². The number of hydrogen-bond donors (Lipinski definition) is 2. The van der Waals surface area contributed by atoms with Crippen LogP contribution in [0.1, 0.15) is 52.8 Å². The molecule has 2 aromatic heterocycles. The Kier molecular flexibility index (Phi) is 4.56. The van der Waals surface area contributed by atoms with Crippen molar-refractivity contribution in [3.63, 3.8) is 0 Å². The SMILES string of the molecule is CC(NCC(O)c1ccsc1)c1cc2c(s1)CCCC2. The largest absolute Gasteiger partial charge is 0.387 e. The topological polar surface area (TPSA) is 32.3 Å². The summed E-state index contributed by atoms with van der Waals surface area (Å²) in [4.78, 5) is 2.99. The van der Waals surface area contributed by atoms with Gasteiger partial charge in [0.25, 0.3) is 0 Å². The Morgan fingerprint density at radius 1 is 1.35 bits per heavy atom. The van der Waals surface area contributed by atoms with Gasteiger partial charge in [-0.25, -0.2) is 0 Å². The second-order valence-corrected chi connectivity index (χ2v) is 7.46. The minimum absolute atomic E-state index is 0.318. The highest BCUT2D eigenvalue weighted by Gasteiger charge is 2.17. The molecule has 4 heteroatoms. The fraction of sp³-hybridized carbons (Fsp3) is 0.500.